The maximum atomic E-state index is 10.2. The molecule has 1 aromatic heterocycles. The monoisotopic (exact) mass is 244 g/mol. The topological polar surface area (TPSA) is 70.0 Å². The molecule has 0 fully saturated rings. The van der Waals surface area contributed by atoms with E-state index in [2.05, 4.69) is 21.8 Å². The van der Waals surface area contributed by atoms with E-state index in [1.165, 1.54) is 0 Å². The van der Waals surface area contributed by atoms with Gasteiger partial charge in [0.2, 0.25) is 0 Å². The predicted octanol–water partition coefficient (Wildman–Crippen LogP) is 0.652. The molecule has 0 aliphatic rings. The molecule has 0 saturated heterocycles. The van der Waals surface area contributed by atoms with Crippen LogP contribution in [0.25, 0.3) is 0 Å². The van der Waals surface area contributed by atoms with E-state index >= 15 is 0 Å². The molecular formula is C10H18N3O2S-. The van der Waals surface area contributed by atoms with Crippen LogP contribution in [-0.2, 0) is 24.0 Å². The molecule has 0 bridgehead atoms. The van der Waals surface area contributed by atoms with Crippen molar-refractivity contribution < 1.29 is 8.76 Å². The lowest BCUT2D eigenvalue weighted by molar-refractivity contribution is 0.524. The second-order valence-electron chi connectivity index (χ2n) is 3.55. The van der Waals surface area contributed by atoms with Crippen LogP contribution >= 0.6 is 0 Å². The quantitative estimate of drug-likeness (QED) is 0.538. The van der Waals surface area contributed by atoms with E-state index in [-0.39, 0.29) is 5.88 Å². The Morgan fingerprint density at radius 1 is 1.56 bits per heavy atom. The number of hydrogen-bond acceptors (Lipinski definition) is 4. The summed E-state index contributed by atoms with van der Waals surface area (Å²) in [6, 6.07) is 0. The van der Waals surface area contributed by atoms with Gasteiger partial charge in [-0.1, -0.05) is 6.92 Å². The zero-order chi connectivity index (χ0) is 11.8. The van der Waals surface area contributed by atoms with Gasteiger partial charge >= 0.3 is 0 Å². The van der Waals surface area contributed by atoms with Crippen LogP contribution in [0.1, 0.15) is 25.6 Å². The molecule has 1 atom stereocenters. The number of unbranched alkanes of at least 4 members (excludes halogenated alkanes) is 1. The number of rotatable bonds is 8. The molecule has 1 heterocycles. The van der Waals surface area contributed by atoms with Crippen molar-refractivity contribution in [2.45, 2.75) is 32.7 Å². The third-order valence-corrected chi connectivity index (χ3v) is 2.78. The minimum Gasteiger partial charge on any atom is -0.771 e. The Morgan fingerprint density at radius 3 is 3.06 bits per heavy atom. The summed E-state index contributed by atoms with van der Waals surface area (Å²) in [4.78, 5) is 4.24. The van der Waals surface area contributed by atoms with Gasteiger partial charge in [-0.05, 0) is 30.5 Å². The Balaban J connectivity index is 2.09. The van der Waals surface area contributed by atoms with Gasteiger partial charge in [0.05, 0.1) is 5.88 Å². The molecule has 1 N–H and O–H groups in total. The highest BCUT2D eigenvalue weighted by atomic mass is 32.2. The summed E-state index contributed by atoms with van der Waals surface area (Å²) in [5.41, 5.74) is 0. The van der Waals surface area contributed by atoms with E-state index in [9.17, 15) is 8.76 Å². The molecule has 0 radical (unpaired) electrons. The smallest absolute Gasteiger partial charge is 0.108 e. The van der Waals surface area contributed by atoms with Gasteiger partial charge in [0, 0.05) is 25.4 Å². The molecule has 1 unspecified atom stereocenters. The first-order chi connectivity index (χ1) is 7.74. The van der Waals surface area contributed by atoms with Gasteiger partial charge < -0.3 is 14.4 Å². The van der Waals surface area contributed by atoms with Crippen molar-refractivity contribution >= 4 is 11.1 Å². The standard InChI is InChI=1S/C10H19N3O2S/c1-2-10-12-6-8-13(10)7-4-3-5-11-9-16(14)15/h6,8,11H,2-5,7,9H2,1H3,(H,14,15)/p-1. The molecule has 6 heteroatoms. The zero-order valence-electron chi connectivity index (χ0n) is 9.52. The maximum Gasteiger partial charge on any atom is 0.108 e. The fourth-order valence-corrected chi connectivity index (χ4v) is 1.86. The normalized spacial score (nSPS) is 12.9. The number of imidazole rings is 1. The first-order valence-electron chi connectivity index (χ1n) is 5.50. The Morgan fingerprint density at radius 2 is 2.38 bits per heavy atom. The molecule has 92 valence electrons. The first-order valence-corrected chi connectivity index (χ1v) is 6.75. The molecule has 0 aliphatic carbocycles. The van der Waals surface area contributed by atoms with E-state index in [1.54, 1.807) is 0 Å². The first kappa shape index (κ1) is 13.3. The van der Waals surface area contributed by atoms with Crippen LogP contribution < -0.4 is 5.32 Å². The highest BCUT2D eigenvalue weighted by Crippen LogP contribution is 2.01. The van der Waals surface area contributed by atoms with E-state index in [4.69, 9.17) is 0 Å². The van der Waals surface area contributed by atoms with Gasteiger partial charge in [-0.15, -0.1) is 0 Å². The van der Waals surface area contributed by atoms with Crippen LogP contribution in [-0.4, -0.2) is 30.7 Å². The fraction of sp³-hybridized carbons (Fsp3) is 0.700. The van der Waals surface area contributed by atoms with Crippen molar-refractivity contribution in [2.24, 2.45) is 0 Å². The molecule has 1 rings (SSSR count). The van der Waals surface area contributed by atoms with Gasteiger partial charge in [0.15, 0.2) is 0 Å². The van der Waals surface area contributed by atoms with Crippen molar-refractivity contribution in [1.82, 2.24) is 14.9 Å². The summed E-state index contributed by atoms with van der Waals surface area (Å²) >= 11 is -1.98. The molecular weight excluding hydrogens is 226 g/mol. The number of aryl methyl sites for hydroxylation is 2. The predicted molar refractivity (Wildman–Crippen MR) is 62.6 cm³/mol. The Hall–Kier alpha value is -0.720. The molecule has 0 amide bonds. The number of nitrogens with one attached hydrogen (secondary N) is 1. The molecule has 16 heavy (non-hydrogen) atoms. The molecule has 0 aliphatic heterocycles. The van der Waals surface area contributed by atoms with Gasteiger partial charge in [0.1, 0.15) is 5.82 Å². The highest BCUT2D eigenvalue weighted by Gasteiger charge is 1.98. The summed E-state index contributed by atoms with van der Waals surface area (Å²) in [6.07, 6.45) is 6.75. The third-order valence-electron chi connectivity index (χ3n) is 2.34. The van der Waals surface area contributed by atoms with Crippen molar-refractivity contribution in [2.75, 3.05) is 12.4 Å². The number of nitrogens with zero attached hydrogens (tertiary/aromatic N) is 2. The van der Waals surface area contributed by atoms with E-state index in [1.807, 2.05) is 12.4 Å². The average Bonchev–Trinajstić information content (AvgIpc) is 2.70. The fourth-order valence-electron chi connectivity index (χ4n) is 1.55. The highest BCUT2D eigenvalue weighted by molar-refractivity contribution is 7.79. The van der Waals surface area contributed by atoms with Crippen LogP contribution in [0.3, 0.4) is 0 Å². The van der Waals surface area contributed by atoms with Crippen molar-refractivity contribution in [3.63, 3.8) is 0 Å². The minimum absolute atomic E-state index is 0.0469. The lowest BCUT2D eigenvalue weighted by atomic mass is 10.3. The Labute approximate surface area is 98.6 Å². The van der Waals surface area contributed by atoms with E-state index in [0.717, 1.165) is 38.2 Å². The van der Waals surface area contributed by atoms with Gasteiger partial charge in [-0.2, -0.15) is 0 Å². The van der Waals surface area contributed by atoms with Crippen LogP contribution in [0.4, 0.5) is 0 Å². The summed E-state index contributed by atoms with van der Waals surface area (Å²) < 4.78 is 22.6. The van der Waals surface area contributed by atoms with Crippen LogP contribution in [0.5, 0.6) is 0 Å². The second-order valence-corrected chi connectivity index (χ2v) is 4.44. The summed E-state index contributed by atoms with van der Waals surface area (Å²) in [7, 11) is 0. The van der Waals surface area contributed by atoms with Gasteiger partial charge in [-0.3, -0.25) is 4.21 Å². The largest absolute Gasteiger partial charge is 0.771 e. The zero-order valence-corrected chi connectivity index (χ0v) is 10.3. The molecule has 1 aromatic rings. The molecule has 5 nitrogen and oxygen atoms in total. The summed E-state index contributed by atoms with van der Waals surface area (Å²) in [5.74, 6) is 1.15. The van der Waals surface area contributed by atoms with Gasteiger partial charge in [0.25, 0.3) is 0 Å². The number of aromatic nitrogens is 2. The average molecular weight is 244 g/mol. The van der Waals surface area contributed by atoms with Crippen molar-refractivity contribution in [3.05, 3.63) is 18.2 Å². The van der Waals surface area contributed by atoms with E-state index < -0.39 is 11.1 Å². The third kappa shape index (κ3) is 4.87. The Bertz CT molecular complexity index is 328. The van der Waals surface area contributed by atoms with E-state index in [0.29, 0.717) is 0 Å². The summed E-state index contributed by atoms with van der Waals surface area (Å²) in [5, 5.41) is 2.86. The molecule has 0 spiro atoms. The lowest BCUT2D eigenvalue weighted by Crippen LogP contribution is -2.20. The Kier molecular flexibility index (Phi) is 6.29. The van der Waals surface area contributed by atoms with Gasteiger partial charge in [-0.25, -0.2) is 4.98 Å². The van der Waals surface area contributed by atoms with Crippen LogP contribution in [0, 0.1) is 0 Å². The van der Waals surface area contributed by atoms with Crippen LogP contribution in [0.15, 0.2) is 12.4 Å². The second kappa shape index (κ2) is 7.54. The number of hydrogen-bond donors (Lipinski definition) is 1. The van der Waals surface area contributed by atoms with Crippen LogP contribution in [0.2, 0.25) is 0 Å². The molecule has 0 saturated carbocycles. The van der Waals surface area contributed by atoms with Crippen molar-refractivity contribution in [3.8, 4) is 0 Å². The maximum absolute atomic E-state index is 10.2. The molecule has 0 aromatic carbocycles. The SMILES string of the molecule is CCc1nccn1CCCCNCS(=O)[O-]. The minimum atomic E-state index is -1.98. The van der Waals surface area contributed by atoms with Crippen molar-refractivity contribution in [1.29, 1.82) is 0 Å². The lowest BCUT2D eigenvalue weighted by Gasteiger charge is -2.08. The summed E-state index contributed by atoms with van der Waals surface area (Å²) in [6.45, 7) is 3.78.